The normalized spacial score (nSPS) is 10.7. The number of aryl methyl sites for hydroxylation is 1. The Bertz CT molecular complexity index is 699. The Labute approximate surface area is 208 Å². The van der Waals surface area contributed by atoms with Crippen LogP contribution in [0.2, 0.25) is 0 Å². The molecule has 1 aromatic rings. The Balaban J connectivity index is 0. The first-order chi connectivity index (χ1) is 15.7. The molecule has 0 spiro atoms. The molecule has 0 aliphatic heterocycles. The van der Waals surface area contributed by atoms with E-state index in [2.05, 4.69) is 97.4 Å². The Hall–Kier alpha value is -2.02. The van der Waals surface area contributed by atoms with E-state index in [-0.39, 0.29) is 0 Å². The lowest BCUT2D eigenvalue weighted by Gasteiger charge is -2.32. The van der Waals surface area contributed by atoms with Crippen LogP contribution in [-0.4, -0.2) is 4.90 Å². The van der Waals surface area contributed by atoms with Gasteiger partial charge in [0.15, 0.2) is 0 Å². The molecular formula is C32H55N. The van der Waals surface area contributed by atoms with Gasteiger partial charge in [0.1, 0.15) is 0 Å². The van der Waals surface area contributed by atoms with Crippen LogP contribution in [0.1, 0.15) is 118 Å². The minimum Gasteiger partial charge on any atom is -0.341 e. The number of hydrogen-bond donors (Lipinski definition) is 0. The van der Waals surface area contributed by atoms with Gasteiger partial charge in [-0.25, -0.2) is 0 Å². The molecule has 1 heteroatoms. The van der Waals surface area contributed by atoms with Crippen molar-refractivity contribution in [3.8, 4) is 0 Å². The average Bonchev–Trinajstić information content (AvgIpc) is 2.82. The van der Waals surface area contributed by atoms with Crippen molar-refractivity contribution in [2.24, 2.45) is 0 Å². The summed E-state index contributed by atoms with van der Waals surface area (Å²) in [5.74, 6) is 0. The third-order valence-electron chi connectivity index (χ3n) is 5.60. The Morgan fingerprint density at radius 3 is 1.52 bits per heavy atom. The van der Waals surface area contributed by atoms with Crippen LogP contribution in [0.15, 0.2) is 72.1 Å². The predicted molar refractivity (Wildman–Crippen MR) is 154 cm³/mol. The molecule has 0 N–H and O–H groups in total. The third kappa shape index (κ3) is 14.0. The summed E-state index contributed by atoms with van der Waals surface area (Å²) in [5, 5.41) is 0. The van der Waals surface area contributed by atoms with E-state index in [1.807, 2.05) is 13.8 Å². The highest BCUT2D eigenvalue weighted by atomic mass is 15.1. The van der Waals surface area contributed by atoms with Crippen LogP contribution < -0.4 is 0 Å². The van der Waals surface area contributed by atoms with Gasteiger partial charge < -0.3 is 4.90 Å². The highest BCUT2D eigenvalue weighted by molar-refractivity contribution is 5.41. The fourth-order valence-corrected chi connectivity index (χ4v) is 3.38. The first kappa shape index (κ1) is 33.2. The molecule has 1 nitrogen and oxygen atoms in total. The molecule has 0 unspecified atom stereocenters. The third-order valence-corrected chi connectivity index (χ3v) is 5.60. The van der Waals surface area contributed by atoms with Crippen molar-refractivity contribution in [3.63, 3.8) is 0 Å². The summed E-state index contributed by atoms with van der Waals surface area (Å²) in [4.78, 5) is 2.34. The fraction of sp³-hybridized carbons (Fsp3) is 0.562. The van der Waals surface area contributed by atoms with Crippen molar-refractivity contribution in [1.29, 1.82) is 0 Å². The van der Waals surface area contributed by atoms with Crippen LogP contribution in [0.5, 0.6) is 0 Å². The summed E-state index contributed by atoms with van der Waals surface area (Å²) >= 11 is 0. The fourth-order valence-electron chi connectivity index (χ4n) is 3.38. The monoisotopic (exact) mass is 453 g/mol. The Kier molecular flexibility index (Phi) is 20.7. The van der Waals surface area contributed by atoms with Crippen molar-refractivity contribution < 1.29 is 0 Å². The minimum atomic E-state index is 0.819. The highest BCUT2D eigenvalue weighted by Crippen LogP contribution is 2.29. The van der Waals surface area contributed by atoms with E-state index in [9.17, 15) is 0 Å². The SMILES string of the molecule is C=C(C)/C(C)=C(\C(=C)C)N(Cc1ccc(CC)cc1)C(=C)CCCC.CC.CCCCCC. The molecule has 0 saturated carbocycles. The van der Waals surface area contributed by atoms with Gasteiger partial charge in [-0.1, -0.05) is 123 Å². The second-order valence-corrected chi connectivity index (χ2v) is 8.67. The van der Waals surface area contributed by atoms with Gasteiger partial charge in [-0.15, -0.1) is 0 Å². The number of benzene rings is 1. The van der Waals surface area contributed by atoms with Crippen molar-refractivity contribution in [1.82, 2.24) is 4.90 Å². The average molecular weight is 454 g/mol. The summed E-state index contributed by atoms with van der Waals surface area (Å²) < 4.78 is 0. The molecule has 0 saturated heterocycles. The maximum atomic E-state index is 4.39. The smallest absolute Gasteiger partial charge is 0.0478 e. The molecule has 0 radical (unpaired) electrons. The van der Waals surface area contributed by atoms with Gasteiger partial charge in [0, 0.05) is 17.9 Å². The number of allylic oxidation sites excluding steroid dienone is 4. The maximum Gasteiger partial charge on any atom is 0.0478 e. The predicted octanol–water partition coefficient (Wildman–Crippen LogP) is 10.8. The van der Waals surface area contributed by atoms with Gasteiger partial charge >= 0.3 is 0 Å². The zero-order chi connectivity index (χ0) is 25.8. The zero-order valence-electron chi connectivity index (χ0n) is 23.7. The molecular weight excluding hydrogens is 398 g/mol. The topological polar surface area (TPSA) is 3.24 Å². The van der Waals surface area contributed by atoms with Crippen molar-refractivity contribution >= 4 is 0 Å². The molecule has 0 aromatic heterocycles. The van der Waals surface area contributed by atoms with Crippen LogP contribution in [0.3, 0.4) is 0 Å². The molecule has 188 valence electrons. The van der Waals surface area contributed by atoms with E-state index < -0.39 is 0 Å². The summed E-state index contributed by atoms with van der Waals surface area (Å²) in [6.07, 6.45) is 9.93. The molecule has 0 atom stereocenters. The van der Waals surface area contributed by atoms with E-state index in [4.69, 9.17) is 0 Å². The summed E-state index contributed by atoms with van der Waals surface area (Å²) in [6.45, 7) is 32.7. The Morgan fingerprint density at radius 1 is 0.697 bits per heavy atom. The van der Waals surface area contributed by atoms with Crippen LogP contribution >= 0.6 is 0 Å². The molecule has 1 rings (SSSR count). The summed E-state index contributed by atoms with van der Waals surface area (Å²) in [5.41, 5.74) is 8.30. The van der Waals surface area contributed by atoms with Gasteiger partial charge in [-0.2, -0.15) is 0 Å². The van der Waals surface area contributed by atoms with E-state index in [0.29, 0.717) is 0 Å². The molecule has 0 aliphatic carbocycles. The van der Waals surface area contributed by atoms with Crippen molar-refractivity contribution in [3.05, 3.63) is 83.2 Å². The minimum absolute atomic E-state index is 0.819. The largest absolute Gasteiger partial charge is 0.341 e. The second-order valence-electron chi connectivity index (χ2n) is 8.67. The molecule has 33 heavy (non-hydrogen) atoms. The maximum absolute atomic E-state index is 4.39. The van der Waals surface area contributed by atoms with E-state index >= 15 is 0 Å². The quantitative estimate of drug-likeness (QED) is 0.212. The first-order valence-corrected chi connectivity index (χ1v) is 13.3. The molecule has 0 fully saturated rings. The van der Waals surface area contributed by atoms with Gasteiger partial charge in [0.2, 0.25) is 0 Å². The van der Waals surface area contributed by atoms with Gasteiger partial charge in [-0.3, -0.25) is 0 Å². The van der Waals surface area contributed by atoms with E-state index in [1.165, 1.54) is 48.8 Å². The lowest BCUT2D eigenvalue weighted by molar-refractivity contribution is 0.404. The van der Waals surface area contributed by atoms with Gasteiger partial charge in [0.05, 0.1) is 0 Å². The number of unbranched alkanes of at least 4 members (excludes halogenated alkanes) is 4. The van der Waals surface area contributed by atoms with E-state index in [1.54, 1.807) is 0 Å². The lowest BCUT2D eigenvalue weighted by atomic mass is 10.0. The van der Waals surface area contributed by atoms with Gasteiger partial charge in [0.25, 0.3) is 0 Å². The molecule has 0 heterocycles. The Morgan fingerprint density at radius 2 is 1.15 bits per heavy atom. The number of nitrogens with zero attached hydrogens (tertiary/aromatic N) is 1. The van der Waals surface area contributed by atoms with Crippen LogP contribution in [-0.2, 0) is 13.0 Å². The zero-order valence-corrected chi connectivity index (χ0v) is 23.7. The van der Waals surface area contributed by atoms with Crippen LogP contribution in [0, 0.1) is 0 Å². The summed E-state index contributed by atoms with van der Waals surface area (Å²) in [7, 11) is 0. The molecule has 0 bridgehead atoms. The van der Waals surface area contributed by atoms with Crippen LogP contribution in [0.25, 0.3) is 0 Å². The standard InChI is InChI=1S/C24H35N.C6H14.C2H6/c1-9-11-12-20(7)25(24(19(5)6)21(8)18(3)4)17-23-15-13-22(10-2)14-16-23;1-3-5-6-4-2;1-2/h13-16H,3,5,7,9-12,17H2,1-2,4,6,8H3;3-6H2,1-2H3;1-2H3/b24-21+;;. The molecule has 0 amide bonds. The second kappa shape index (κ2) is 20.6. The molecule has 1 aromatic carbocycles. The van der Waals surface area contributed by atoms with E-state index in [0.717, 1.165) is 48.3 Å². The van der Waals surface area contributed by atoms with Gasteiger partial charge in [-0.05, 0) is 62.3 Å². The van der Waals surface area contributed by atoms with Crippen molar-refractivity contribution in [2.45, 2.75) is 120 Å². The number of hydrogen-bond acceptors (Lipinski definition) is 1. The first-order valence-electron chi connectivity index (χ1n) is 13.3. The number of rotatable bonds is 13. The summed E-state index contributed by atoms with van der Waals surface area (Å²) in [6, 6.07) is 8.90. The van der Waals surface area contributed by atoms with Crippen LogP contribution in [0.4, 0.5) is 0 Å². The highest BCUT2D eigenvalue weighted by Gasteiger charge is 2.17. The van der Waals surface area contributed by atoms with Crippen molar-refractivity contribution in [2.75, 3.05) is 0 Å². The molecule has 0 aliphatic rings. The lowest BCUT2D eigenvalue weighted by Crippen LogP contribution is -2.23.